The van der Waals surface area contributed by atoms with Crippen LogP contribution in [-0.2, 0) is 18.3 Å². The van der Waals surface area contributed by atoms with Crippen LogP contribution in [0.2, 0.25) is 0 Å². The van der Waals surface area contributed by atoms with Gasteiger partial charge in [-0.2, -0.15) is 0 Å². The van der Waals surface area contributed by atoms with Crippen LogP contribution in [0.5, 0.6) is 11.5 Å². The second-order valence-electron chi connectivity index (χ2n) is 7.78. The first kappa shape index (κ1) is 25.4. The molecule has 7 heteroatoms. The van der Waals surface area contributed by atoms with Crippen molar-refractivity contribution in [3.05, 3.63) is 58.1 Å². The first-order chi connectivity index (χ1) is 14.7. The van der Waals surface area contributed by atoms with Crippen molar-refractivity contribution in [2.75, 3.05) is 26.7 Å². The summed E-state index contributed by atoms with van der Waals surface area (Å²) in [5, 5.41) is 10.2. The zero-order chi connectivity index (χ0) is 23.2. The number of hydrogen-bond donors (Lipinski definition) is 1. The molecule has 0 aromatic heterocycles. The van der Waals surface area contributed by atoms with Crippen LogP contribution in [0.1, 0.15) is 67.5 Å². The third kappa shape index (κ3) is 6.33. The van der Waals surface area contributed by atoms with Crippen molar-refractivity contribution in [3.63, 3.8) is 0 Å². The second-order valence-corrected chi connectivity index (χ2v) is 9.78. The van der Waals surface area contributed by atoms with Gasteiger partial charge in [0.15, 0.2) is 6.35 Å². The molecule has 0 saturated carbocycles. The molecule has 0 amide bonds. The minimum absolute atomic E-state index is 0.143. The Balaban J connectivity index is 2.34. The molecule has 0 heterocycles. The summed E-state index contributed by atoms with van der Waals surface area (Å²) in [5.41, 5.74) is 4.87. The fraction of sp³-hybridized carbons (Fsp3) is 0.500. The number of benzene rings is 2. The number of phenolic OH excluding ortho intramolecular Hbond substituents is 1. The van der Waals surface area contributed by atoms with Crippen LogP contribution < -0.4 is 4.74 Å². The van der Waals surface area contributed by atoms with E-state index in [4.69, 9.17) is 18.5 Å². The average molecular weight is 451 g/mol. The Labute approximate surface area is 186 Å². The lowest BCUT2D eigenvalue weighted by molar-refractivity contribution is 0.135. The van der Waals surface area contributed by atoms with Gasteiger partial charge in [0, 0.05) is 7.11 Å². The molecule has 1 N–H and O–H groups in total. The average Bonchev–Trinajstić information content (AvgIpc) is 2.70. The standard InChI is InChI=1S/C24H35O6P/c1-8-29-31(26,30-9-2)15-28-20-12-17(5)23(18(6)13-20)24(27-7)19-10-11-22(25)21(14-19)16(3)4/h10-14,16,24-25H,8-9,15H2,1-7H3. The van der Waals surface area contributed by atoms with E-state index in [1.807, 2.05) is 52.0 Å². The SMILES string of the molecule is CCOP(=O)(COc1cc(C)c(C(OC)c2ccc(O)c(C(C)C)c2)c(C)c1)OCC. The van der Waals surface area contributed by atoms with Gasteiger partial charge in [-0.1, -0.05) is 19.9 Å². The minimum atomic E-state index is -3.29. The van der Waals surface area contributed by atoms with Gasteiger partial charge in [-0.3, -0.25) is 4.57 Å². The first-order valence-electron chi connectivity index (χ1n) is 10.6. The summed E-state index contributed by atoms with van der Waals surface area (Å²) in [5.74, 6) is 1.09. The maximum atomic E-state index is 12.7. The lowest BCUT2D eigenvalue weighted by atomic mass is 9.90. The normalized spacial score (nSPS) is 12.9. The van der Waals surface area contributed by atoms with Gasteiger partial charge >= 0.3 is 7.60 Å². The third-order valence-corrected chi connectivity index (χ3v) is 6.83. The lowest BCUT2D eigenvalue weighted by Crippen LogP contribution is -2.10. The highest BCUT2D eigenvalue weighted by atomic mass is 31.2. The van der Waals surface area contributed by atoms with E-state index in [2.05, 4.69) is 0 Å². The van der Waals surface area contributed by atoms with E-state index >= 15 is 0 Å². The summed E-state index contributed by atoms with van der Waals surface area (Å²) in [7, 11) is -1.61. The molecule has 0 radical (unpaired) electrons. The molecule has 0 fully saturated rings. The van der Waals surface area contributed by atoms with E-state index in [0.29, 0.717) is 11.5 Å². The van der Waals surface area contributed by atoms with Crippen molar-refractivity contribution in [1.29, 1.82) is 0 Å². The number of ether oxygens (including phenoxy) is 2. The summed E-state index contributed by atoms with van der Waals surface area (Å²) in [6, 6.07) is 9.41. The molecule has 2 rings (SSSR count). The molecule has 0 saturated heterocycles. The quantitative estimate of drug-likeness (QED) is 0.396. The van der Waals surface area contributed by atoms with Crippen molar-refractivity contribution in [3.8, 4) is 11.5 Å². The zero-order valence-corrected chi connectivity index (χ0v) is 20.5. The van der Waals surface area contributed by atoms with Crippen LogP contribution in [0.25, 0.3) is 0 Å². The molecule has 1 atom stereocenters. The van der Waals surface area contributed by atoms with E-state index in [9.17, 15) is 9.67 Å². The molecule has 6 nitrogen and oxygen atoms in total. The molecular weight excluding hydrogens is 415 g/mol. The summed E-state index contributed by atoms with van der Waals surface area (Å²) in [6.45, 7) is 12.2. The van der Waals surface area contributed by atoms with Crippen LogP contribution >= 0.6 is 7.60 Å². The van der Waals surface area contributed by atoms with E-state index in [1.54, 1.807) is 27.0 Å². The Morgan fingerprint density at radius 2 is 1.58 bits per heavy atom. The van der Waals surface area contributed by atoms with Crippen LogP contribution in [0.4, 0.5) is 0 Å². The number of aryl methyl sites for hydroxylation is 2. The van der Waals surface area contributed by atoms with E-state index in [0.717, 1.165) is 27.8 Å². The van der Waals surface area contributed by atoms with Gasteiger partial charge in [0.05, 0.1) is 13.2 Å². The van der Waals surface area contributed by atoms with Gasteiger partial charge in [0.25, 0.3) is 0 Å². The molecule has 0 aliphatic carbocycles. The molecule has 0 bridgehead atoms. The number of aromatic hydroxyl groups is 1. The van der Waals surface area contributed by atoms with Crippen molar-refractivity contribution in [1.82, 2.24) is 0 Å². The highest BCUT2D eigenvalue weighted by Gasteiger charge is 2.26. The van der Waals surface area contributed by atoms with Crippen molar-refractivity contribution >= 4 is 7.60 Å². The molecule has 172 valence electrons. The monoisotopic (exact) mass is 450 g/mol. The van der Waals surface area contributed by atoms with Crippen molar-refractivity contribution < 1.29 is 28.2 Å². The number of rotatable bonds is 11. The van der Waals surface area contributed by atoms with Crippen LogP contribution in [0.15, 0.2) is 30.3 Å². The van der Waals surface area contributed by atoms with Gasteiger partial charge in [-0.15, -0.1) is 0 Å². The predicted octanol–water partition coefficient (Wildman–Crippen LogP) is 6.47. The second kappa shape index (κ2) is 11.1. The maximum absolute atomic E-state index is 12.7. The molecule has 2 aromatic rings. The Bertz CT molecular complexity index is 891. The summed E-state index contributed by atoms with van der Waals surface area (Å²) in [4.78, 5) is 0. The Kier molecular flexibility index (Phi) is 9.14. The summed E-state index contributed by atoms with van der Waals surface area (Å²) >= 11 is 0. The molecule has 0 aliphatic rings. The minimum Gasteiger partial charge on any atom is -0.508 e. The topological polar surface area (TPSA) is 74.2 Å². The Hall–Kier alpha value is -1.85. The predicted molar refractivity (Wildman–Crippen MR) is 123 cm³/mol. The van der Waals surface area contributed by atoms with Crippen molar-refractivity contribution in [2.24, 2.45) is 0 Å². The molecule has 1 unspecified atom stereocenters. The third-order valence-electron chi connectivity index (χ3n) is 5.08. The number of hydrogen-bond acceptors (Lipinski definition) is 6. The van der Waals surface area contributed by atoms with E-state index < -0.39 is 7.60 Å². The Morgan fingerprint density at radius 1 is 1.00 bits per heavy atom. The smallest absolute Gasteiger partial charge is 0.367 e. The van der Waals surface area contributed by atoms with Gasteiger partial charge in [-0.25, -0.2) is 0 Å². The largest absolute Gasteiger partial charge is 0.508 e. The fourth-order valence-corrected chi connectivity index (χ4v) is 5.03. The highest BCUT2D eigenvalue weighted by molar-refractivity contribution is 7.53. The lowest BCUT2D eigenvalue weighted by Gasteiger charge is -2.23. The van der Waals surface area contributed by atoms with E-state index in [-0.39, 0.29) is 31.6 Å². The highest BCUT2D eigenvalue weighted by Crippen LogP contribution is 2.48. The van der Waals surface area contributed by atoms with Gasteiger partial charge in [0.2, 0.25) is 0 Å². The molecule has 31 heavy (non-hydrogen) atoms. The van der Waals surface area contributed by atoms with Gasteiger partial charge in [0.1, 0.15) is 17.6 Å². The van der Waals surface area contributed by atoms with Gasteiger partial charge in [-0.05, 0) is 85.7 Å². The van der Waals surface area contributed by atoms with Crippen LogP contribution in [0.3, 0.4) is 0 Å². The molecular formula is C24H35O6P. The van der Waals surface area contributed by atoms with E-state index in [1.165, 1.54) is 0 Å². The number of methoxy groups -OCH3 is 1. The number of phenols is 1. The van der Waals surface area contributed by atoms with Crippen LogP contribution in [0, 0.1) is 13.8 Å². The fourth-order valence-electron chi connectivity index (χ4n) is 3.71. The summed E-state index contributed by atoms with van der Waals surface area (Å²) in [6.07, 6.45) is -0.429. The molecule has 0 spiro atoms. The zero-order valence-electron chi connectivity index (χ0n) is 19.6. The summed E-state index contributed by atoms with van der Waals surface area (Å²) < 4.78 is 34.9. The van der Waals surface area contributed by atoms with Crippen molar-refractivity contribution in [2.45, 2.75) is 53.6 Å². The Morgan fingerprint density at radius 3 is 2.06 bits per heavy atom. The van der Waals surface area contributed by atoms with Gasteiger partial charge < -0.3 is 23.6 Å². The molecule has 2 aromatic carbocycles. The molecule has 0 aliphatic heterocycles. The van der Waals surface area contributed by atoms with Crippen LogP contribution in [-0.4, -0.2) is 31.8 Å². The maximum Gasteiger partial charge on any atom is 0.367 e. The first-order valence-corrected chi connectivity index (χ1v) is 12.4.